The van der Waals surface area contributed by atoms with Crippen LogP contribution in [0.3, 0.4) is 0 Å². The number of benzene rings is 2. The second-order valence-electron chi connectivity index (χ2n) is 7.77. The van der Waals surface area contributed by atoms with Crippen molar-refractivity contribution in [3.63, 3.8) is 0 Å². The molecular weight excluding hydrogens is 505 g/mol. The second-order valence-corrected chi connectivity index (χ2v) is 9.22. The van der Waals surface area contributed by atoms with Crippen molar-refractivity contribution in [1.29, 1.82) is 0 Å². The summed E-state index contributed by atoms with van der Waals surface area (Å²) in [7, 11) is 3.23. The fourth-order valence-corrected chi connectivity index (χ4v) is 4.40. The Morgan fingerprint density at radius 1 is 1.11 bits per heavy atom. The summed E-state index contributed by atoms with van der Waals surface area (Å²) < 4.78 is 38.7. The van der Waals surface area contributed by atoms with Gasteiger partial charge in [-0.2, -0.15) is 0 Å². The van der Waals surface area contributed by atoms with Crippen LogP contribution in [0.5, 0.6) is 5.75 Å². The van der Waals surface area contributed by atoms with Crippen molar-refractivity contribution in [2.45, 2.75) is 69.5 Å². The van der Waals surface area contributed by atoms with E-state index in [1.54, 1.807) is 11.8 Å². The second kappa shape index (κ2) is 18.6. The molecule has 6 nitrogen and oxygen atoms in total. The maximum atomic E-state index is 11.7. The number of aldehydes is 1. The molecule has 2 N–H and O–H groups in total. The van der Waals surface area contributed by atoms with E-state index >= 15 is 0 Å². The number of thioether (sulfide) groups is 1. The lowest BCUT2D eigenvalue weighted by Gasteiger charge is -2.23. The zero-order valence-corrected chi connectivity index (χ0v) is 23.2. The molecule has 208 valence electrons. The largest absolute Gasteiger partial charge is 0.573 e. The number of likely N-dealkylation sites (N-methyl/N-ethyl adjacent to an activating group) is 1. The number of carbonyl (C=O) groups excluding carboxylic acids is 2. The van der Waals surface area contributed by atoms with Crippen molar-refractivity contribution in [2.24, 2.45) is 0 Å². The molecule has 0 spiro atoms. The van der Waals surface area contributed by atoms with Gasteiger partial charge in [0, 0.05) is 23.7 Å². The molecule has 1 amide bonds. The number of fused-ring (bicyclic) bond motifs is 1. The molecule has 10 heteroatoms. The molecule has 2 aromatic rings. The minimum atomic E-state index is -4.69. The van der Waals surface area contributed by atoms with E-state index in [4.69, 9.17) is 5.11 Å². The van der Waals surface area contributed by atoms with Crippen LogP contribution in [0.15, 0.2) is 47.4 Å². The summed E-state index contributed by atoms with van der Waals surface area (Å²) in [5, 5.41) is 9.32. The highest BCUT2D eigenvalue weighted by atomic mass is 32.2. The summed E-state index contributed by atoms with van der Waals surface area (Å²) in [4.78, 5) is 24.4. The van der Waals surface area contributed by atoms with Crippen molar-refractivity contribution < 1.29 is 32.6 Å². The van der Waals surface area contributed by atoms with E-state index in [0.29, 0.717) is 18.1 Å². The van der Waals surface area contributed by atoms with Gasteiger partial charge in [0.1, 0.15) is 12.0 Å². The van der Waals surface area contributed by atoms with Crippen molar-refractivity contribution in [3.8, 4) is 5.75 Å². The van der Waals surface area contributed by atoms with Crippen LogP contribution in [0.4, 0.5) is 18.9 Å². The smallest absolute Gasteiger partial charge is 0.406 e. The topological polar surface area (TPSA) is 78.9 Å². The summed E-state index contributed by atoms with van der Waals surface area (Å²) >= 11 is 1.65. The van der Waals surface area contributed by atoms with Crippen LogP contribution in [0.2, 0.25) is 0 Å². The lowest BCUT2D eigenvalue weighted by Crippen LogP contribution is -2.32. The first-order valence-electron chi connectivity index (χ1n) is 12.1. The minimum absolute atomic E-state index is 0.0398. The van der Waals surface area contributed by atoms with Gasteiger partial charge < -0.3 is 24.9 Å². The number of aliphatic hydroxyl groups is 1. The third-order valence-corrected chi connectivity index (χ3v) is 6.12. The van der Waals surface area contributed by atoms with Gasteiger partial charge in [-0.1, -0.05) is 26.8 Å². The molecule has 37 heavy (non-hydrogen) atoms. The molecule has 0 aliphatic heterocycles. The van der Waals surface area contributed by atoms with Gasteiger partial charge in [0.2, 0.25) is 6.41 Å². The quantitative estimate of drug-likeness (QED) is 0.300. The molecular formula is C27H39F3N2O4S. The van der Waals surface area contributed by atoms with Gasteiger partial charge in [-0.25, -0.2) is 0 Å². The van der Waals surface area contributed by atoms with E-state index < -0.39 is 6.36 Å². The molecule has 2 atom stereocenters. The molecule has 2 unspecified atom stereocenters. The van der Waals surface area contributed by atoms with Crippen LogP contribution in [-0.4, -0.2) is 61.1 Å². The Kier molecular flexibility index (Phi) is 17.4. The lowest BCUT2D eigenvalue weighted by atomic mass is 10.1. The molecule has 1 aliphatic carbocycles. The molecule has 2 aromatic carbocycles. The van der Waals surface area contributed by atoms with Crippen LogP contribution in [0.1, 0.15) is 45.2 Å². The van der Waals surface area contributed by atoms with Gasteiger partial charge in [0.15, 0.2) is 0 Å². The highest BCUT2D eigenvalue weighted by molar-refractivity contribution is 8.00. The van der Waals surface area contributed by atoms with E-state index in [0.717, 1.165) is 31.9 Å². The SMILES string of the molecule is CC.CCCN(C)C1Cc2ccc(SC(C)C=O)cc2C1.CO.O=CNc1ccc(OC(F)(F)F)cc1. The number of amides is 1. The maximum Gasteiger partial charge on any atom is 0.573 e. The van der Waals surface area contributed by atoms with Crippen molar-refractivity contribution in [2.75, 3.05) is 26.0 Å². The Morgan fingerprint density at radius 2 is 1.70 bits per heavy atom. The molecule has 0 bridgehead atoms. The average molecular weight is 545 g/mol. The van der Waals surface area contributed by atoms with E-state index in [1.165, 1.54) is 47.5 Å². The number of aliphatic hydroxyl groups excluding tert-OH is 1. The highest BCUT2D eigenvalue weighted by Crippen LogP contribution is 2.31. The normalized spacial score (nSPS) is 14.4. The minimum Gasteiger partial charge on any atom is -0.406 e. The number of carbonyl (C=O) groups is 2. The fraction of sp³-hybridized carbons (Fsp3) is 0.481. The van der Waals surface area contributed by atoms with Gasteiger partial charge in [-0.05, 0) is 87.3 Å². The Labute approximate surface area is 222 Å². The van der Waals surface area contributed by atoms with Gasteiger partial charge in [0.25, 0.3) is 0 Å². The highest BCUT2D eigenvalue weighted by Gasteiger charge is 2.31. The number of ether oxygens (including phenoxy) is 1. The summed E-state index contributed by atoms with van der Waals surface area (Å²) in [5.74, 6) is -0.325. The summed E-state index contributed by atoms with van der Waals surface area (Å²) in [6, 6.07) is 12.2. The standard InChI is InChI=1S/C16H23NOS.C8H6F3NO2.C2H6.CH4O/c1-4-7-17(3)15-8-13-5-6-16(10-14(13)9-15)19-12(2)11-18;9-8(10,11)14-7-3-1-6(2-4-7)12-5-13;2*1-2/h5-6,10-12,15H,4,7-9H2,1-3H3;1-5H,(H,12,13);1-2H3;2H,1H3. The van der Waals surface area contributed by atoms with Gasteiger partial charge in [-0.3, -0.25) is 4.79 Å². The number of rotatable bonds is 9. The molecule has 0 radical (unpaired) electrons. The van der Waals surface area contributed by atoms with Crippen molar-refractivity contribution in [1.82, 2.24) is 4.90 Å². The Morgan fingerprint density at radius 3 is 2.22 bits per heavy atom. The maximum absolute atomic E-state index is 11.7. The van der Waals surface area contributed by atoms with Crippen LogP contribution >= 0.6 is 11.8 Å². The molecule has 0 saturated heterocycles. The van der Waals surface area contributed by atoms with Crippen molar-refractivity contribution >= 4 is 30.1 Å². The zero-order valence-electron chi connectivity index (χ0n) is 22.3. The summed E-state index contributed by atoms with van der Waals surface area (Å²) in [5.41, 5.74) is 3.35. The number of nitrogens with zero attached hydrogens (tertiary/aromatic N) is 1. The Bertz CT molecular complexity index is 912. The Balaban J connectivity index is 0.000000640. The molecule has 1 aliphatic rings. The summed E-state index contributed by atoms with van der Waals surface area (Å²) in [6.07, 6.45) is 0.270. The number of halogens is 3. The van der Waals surface area contributed by atoms with Crippen LogP contribution in [0.25, 0.3) is 0 Å². The molecule has 0 heterocycles. The first-order chi connectivity index (χ1) is 17.6. The number of anilines is 1. The number of hydrogen-bond donors (Lipinski definition) is 2. The number of hydrogen-bond acceptors (Lipinski definition) is 6. The van der Waals surface area contributed by atoms with Crippen LogP contribution in [0, 0.1) is 0 Å². The van der Waals surface area contributed by atoms with Crippen LogP contribution < -0.4 is 10.1 Å². The van der Waals surface area contributed by atoms with E-state index in [1.807, 2.05) is 20.8 Å². The fourth-order valence-electron chi connectivity index (χ4n) is 3.55. The first-order valence-corrected chi connectivity index (χ1v) is 13.0. The molecule has 0 aromatic heterocycles. The number of nitrogens with one attached hydrogen (secondary N) is 1. The van der Waals surface area contributed by atoms with E-state index in [9.17, 15) is 22.8 Å². The summed E-state index contributed by atoms with van der Waals surface area (Å²) in [6.45, 7) is 9.35. The van der Waals surface area contributed by atoms with Crippen molar-refractivity contribution in [3.05, 3.63) is 53.6 Å². The predicted molar refractivity (Wildman–Crippen MR) is 144 cm³/mol. The molecule has 3 rings (SSSR count). The molecule has 0 saturated carbocycles. The third kappa shape index (κ3) is 13.5. The zero-order chi connectivity index (χ0) is 28.4. The third-order valence-electron chi connectivity index (χ3n) is 5.12. The lowest BCUT2D eigenvalue weighted by molar-refractivity contribution is -0.274. The van der Waals surface area contributed by atoms with Crippen LogP contribution in [-0.2, 0) is 22.4 Å². The van der Waals surface area contributed by atoms with E-state index in [-0.39, 0.29) is 11.0 Å². The van der Waals surface area contributed by atoms with Gasteiger partial charge in [-0.15, -0.1) is 24.9 Å². The average Bonchev–Trinajstić information content (AvgIpc) is 3.31. The monoisotopic (exact) mass is 544 g/mol. The first kappa shape index (κ1) is 34.4. The predicted octanol–water partition coefficient (Wildman–Crippen LogP) is 5.96. The van der Waals surface area contributed by atoms with Gasteiger partial charge >= 0.3 is 6.36 Å². The van der Waals surface area contributed by atoms with Gasteiger partial charge in [0.05, 0.1) is 5.25 Å². The molecule has 0 fully saturated rings. The Hall–Kier alpha value is -2.56. The van der Waals surface area contributed by atoms with E-state index in [2.05, 4.69) is 47.1 Å². The number of alkyl halides is 3.